The molecule has 0 saturated carbocycles. The fourth-order valence-corrected chi connectivity index (χ4v) is 3.01. The van der Waals surface area contributed by atoms with Gasteiger partial charge in [0.2, 0.25) is 0 Å². The van der Waals surface area contributed by atoms with Gasteiger partial charge in [0.1, 0.15) is 11.4 Å². The van der Waals surface area contributed by atoms with Crippen LogP contribution in [0.15, 0.2) is 42.1 Å². The first-order chi connectivity index (χ1) is 12.3. The Bertz CT molecular complexity index is 950. The lowest BCUT2D eigenvalue weighted by Crippen LogP contribution is -2.28. The van der Waals surface area contributed by atoms with Crippen LogP contribution in [-0.4, -0.2) is 30.9 Å². The highest BCUT2D eigenvalue weighted by Gasteiger charge is 2.37. The first-order valence-corrected chi connectivity index (χ1v) is 8.46. The molecule has 0 fully saturated rings. The number of ether oxygens (including phenoxy) is 1. The minimum Gasteiger partial charge on any atom is -0.495 e. The summed E-state index contributed by atoms with van der Waals surface area (Å²) < 4.78 is 5.32. The third-order valence-corrected chi connectivity index (χ3v) is 4.74. The van der Waals surface area contributed by atoms with E-state index in [0.717, 1.165) is 16.0 Å². The van der Waals surface area contributed by atoms with Crippen molar-refractivity contribution >= 4 is 34.7 Å². The summed E-state index contributed by atoms with van der Waals surface area (Å²) in [6, 6.07) is 10.7. The van der Waals surface area contributed by atoms with Crippen LogP contribution in [0.25, 0.3) is 5.57 Å². The second kappa shape index (κ2) is 6.84. The van der Waals surface area contributed by atoms with Gasteiger partial charge in [-0.25, -0.2) is 0 Å². The second-order valence-corrected chi connectivity index (χ2v) is 6.62. The van der Waals surface area contributed by atoms with Gasteiger partial charge in [-0.05, 0) is 48.7 Å². The number of halogens is 1. The number of likely N-dealkylation sites (N-methyl/N-ethyl adjacent to an activating group) is 1. The molecule has 26 heavy (non-hydrogen) atoms. The maximum Gasteiger partial charge on any atom is 0.277 e. The maximum absolute atomic E-state index is 12.7. The van der Waals surface area contributed by atoms with Crippen molar-refractivity contribution in [2.45, 2.75) is 13.8 Å². The van der Waals surface area contributed by atoms with Crippen molar-refractivity contribution in [2.24, 2.45) is 0 Å². The highest BCUT2D eigenvalue weighted by Crippen LogP contribution is 2.34. The quantitative estimate of drug-likeness (QED) is 0.832. The van der Waals surface area contributed by atoms with Gasteiger partial charge in [-0.15, -0.1) is 0 Å². The van der Waals surface area contributed by atoms with E-state index in [0.29, 0.717) is 27.6 Å². The number of nitrogens with zero attached hydrogens (tertiary/aromatic N) is 1. The smallest absolute Gasteiger partial charge is 0.277 e. The average Bonchev–Trinajstić information content (AvgIpc) is 2.82. The first kappa shape index (κ1) is 18.0. The molecule has 1 aliphatic heterocycles. The summed E-state index contributed by atoms with van der Waals surface area (Å²) in [4.78, 5) is 26.4. The molecule has 0 aliphatic carbocycles. The molecule has 1 N–H and O–H groups in total. The summed E-state index contributed by atoms with van der Waals surface area (Å²) in [6.45, 7) is 3.97. The summed E-state index contributed by atoms with van der Waals surface area (Å²) in [6.07, 6.45) is 0. The lowest BCUT2D eigenvalue weighted by atomic mass is 9.99. The number of imide groups is 1. The normalized spacial score (nSPS) is 14.3. The molecule has 1 aliphatic rings. The molecule has 0 spiro atoms. The number of nitrogens with one attached hydrogen (secondary N) is 1. The fourth-order valence-electron chi connectivity index (χ4n) is 2.83. The molecule has 2 aromatic carbocycles. The van der Waals surface area contributed by atoms with E-state index in [1.54, 1.807) is 18.2 Å². The van der Waals surface area contributed by atoms with Crippen molar-refractivity contribution in [1.82, 2.24) is 4.90 Å². The lowest BCUT2D eigenvalue weighted by Gasteiger charge is -2.13. The summed E-state index contributed by atoms with van der Waals surface area (Å²) in [5, 5.41) is 3.54. The Morgan fingerprint density at radius 1 is 1.00 bits per heavy atom. The molecule has 6 heteroatoms. The SMILES string of the molecule is COc1ccc(Cl)cc1NC1=C(c2ccc(C)c(C)c2)C(=O)N(C)C1=O. The fraction of sp³-hybridized carbons (Fsp3) is 0.200. The van der Waals surface area contributed by atoms with Gasteiger partial charge in [0.15, 0.2) is 0 Å². The van der Waals surface area contributed by atoms with Crippen molar-refractivity contribution in [1.29, 1.82) is 0 Å². The van der Waals surface area contributed by atoms with Crippen LogP contribution in [0.1, 0.15) is 16.7 Å². The van der Waals surface area contributed by atoms with E-state index < -0.39 is 5.91 Å². The topological polar surface area (TPSA) is 58.6 Å². The lowest BCUT2D eigenvalue weighted by molar-refractivity contribution is -0.135. The number of aryl methyl sites for hydroxylation is 2. The van der Waals surface area contributed by atoms with Crippen LogP contribution in [0.3, 0.4) is 0 Å². The predicted octanol–water partition coefficient (Wildman–Crippen LogP) is 3.79. The Morgan fingerprint density at radius 3 is 2.38 bits per heavy atom. The number of amides is 2. The molecule has 134 valence electrons. The van der Waals surface area contributed by atoms with E-state index in [1.165, 1.54) is 14.2 Å². The summed E-state index contributed by atoms with van der Waals surface area (Å²) in [5.41, 5.74) is 3.92. The number of carbonyl (C=O) groups excluding carboxylic acids is 2. The van der Waals surface area contributed by atoms with Crippen molar-refractivity contribution in [3.63, 3.8) is 0 Å². The third-order valence-electron chi connectivity index (χ3n) is 4.50. The van der Waals surface area contributed by atoms with Gasteiger partial charge in [-0.1, -0.05) is 29.8 Å². The minimum absolute atomic E-state index is 0.210. The molecule has 5 nitrogen and oxygen atoms in total. The van der Waals surface area contributed by atoms with Crippen molar-refractivity contribution in [2.75, 3.05) is 19.5 Å². The molecule has 0 bridgehead atoms. The maximum atomic E-state index is 12.7. The Morgan fingerprint density at radius 2 is 1.73 bits per heavy atom. The molecule has 0 aromatic heterocycles. The molecule has 0 radical (unpaired) electrons. The Balaban J connectivity index is 2.15. The Hall–Kier alpha value is -2.79. The van der Waals surface area contributed by atoms with Gasteiger partial charge in [-0.2, -0.15) is 0 Å². The molecule has 0 atom stereocenters. The summed E-state index contributed by atoms with van der Waals surface area (Å²) in [5.74, 6) is -0.219. The summed E-state index contributed by atoms with van der Waals surface area (Å²) >= 11 is 6.07. The second-order valence-electron chi connectivity index (χ2n) is 6.19. The van der Waals surface area contributed by atoms with Gasteiger partial charge in [0.05, 0.1) is 18.4 Å². The van der Waals surface area contributed by atoms with E-state index in [-0.39, 0.29) is 11.6 Å². The molecule has 1 heterocycles. The monoisotopic (exact) mass is 370 g/mol. The third kappa shape index (κ3) is 3.06. The zero-order valence-electron chi connectivity index (χ0n) is 15.0. The molecular weight excluding hydrogens is 352 g/mol. The van der Waals surface area contributed by atoms with Crippen LogP contribution in [0.4, 0.5) is 5.69 Å². The number of hydrogen-bond donors (Lipinski definition) is 1. The highest BCUT2D eigenvalue weighted by atomic mass is 35.5. The van der Waals surface area contributed by atoms with Crippen molar-refractivity contribution < 1.29 is 14.3 Å². The molecule has 2 aromatic rings. The van der Waals surface area contributed by atoms with Gasteiger partial charge in [-0.3, -0.25) is 14.5 Å². The standard InChI is InChI=1S/C20H19ClN2O3/c1-11-5-6-13(9-12(11)2)17-18(20(25)23(3)19(17)24)22-15-10-14(21)7-8-16(15)26-4/h5-10,22H,1-4H3. The minimum atomic E-state index is -0.398. The molecule has 3 rings (SSSR count). The largest absolute Gasteiger partial charge is 0.495 e. The van der Waals surface area contributed by atoms with Crippen LogP contribution < -0.4 is 10.1 Å². The molecule has 0 saturated heterocycles. The summed E-state index contributed by atoms with van der Waals surface area (Å²) in [7, 11) is 3.00. The van der Waals surface area contributed by atoms with Crippen LogP contribution in [-0.2, 0) is 9.59 Å². The van der Waals surface area contributed by atoms with E-state index in [9.17, 15) is 9.59 Å². The number of benzene rings is 2. The number of anilines is 1. The number of carbonyl (C=O) groups is 2. The van der Waals surface area contributed by atoms with Crippen LogP contribution in [0, 0.1) is 13.8 Å². The number of rotatable bonds is 4. The zero-order chi connectivity index (χ0) is 19.0. The van der Waals surface area contributed by atoms with Crippen LogP contribution in [0.5, 0.6) is 5.75 Å². The van der Waals surface area contributed by atoms with Gasteiger partial charge < -0.3 is 10.1 Å². The first-order valence-electron chi connectivity index (χ1n) is 8.08. The Kier molecular flexibility index (Phi) is 4.74. The Labute approximate surface area is 157 Å². The van der Waals surface area contributed by atoms with E-state index in [1.807, 2.05) is 32.0 Å². The van der Waals surface area contributed by atoms with Crippen LogP contribution in [0.2, 0.25) is 5.02 Å². The van der Waals surface area contributed by atoms with Gasteiger partial charge >= 0.3 is 0 Å². The predicted molar refractivity (Wildman–Crippen MR) is 102 cm³/mol. The van der Waals surface area contributed by atoms with Gasteiger partial charge in [0, 0.05) is 12.1 Å². The number of hydrogen-bond acceptors (Lipinski definition) is 4. The van der Waals surface area contributed by atoms with E-state index >= 15 is 0 Å². The van der Waals surface area contributed by atoms with Crippen molar-refractivity contribution in [3.05, 3.63) is 63.8 Å². The van der Waals surface area contributed by atoms with Gasteiger partial charge in [0.25, 0.3) is 11.8 Å². The number of methoxy groups -OCH3 is 1. The average molecular weight is 371 g/mol. The van der Waals surface area contributed by atoms with Crippen molar-refractivity contribution in [3.8, 4) is 5.75 Å². The van der Waals surface area contributed by atoms with E-state index in [2.05, 4.69) is 5.32 Å². The molecular formula is C20H19ClN2O3. The van der Waals surface area contributed by atoms with E-state index in [4.69, 9.17) is 16.3 Å². The molecule has 2 amide bonds. The zero-order valence-corrected chi connectivity index (χ0v) is 15.8. The highest BCUT2D eigenvalue weighted by molar-refractivity contribution is 6.36. The van der Waals surface area contributed by atoms with Crippen LogP contribution >= 0.6 is 11.6 Å². The molecule has 0 unspecified atom stereocenters.